The number of piperazine rings is 1. The van der Waals surface area contributed by atoms with E-state index in [1.807, 2.05) is 24.0 Å². The lowest BCUT2D eigenvalue weighted by molar-refractivity contribution is -0.137. The van der Waals surface area contributed by atoms with Crippen LogP contribution >= 0.6 is 0 Å². The Labute approximate surface area is 174 Å². The molecule has 1 aromatic rings. The number of piperidine rings is 1. The molecule has 0 radical (unpaired) electrons. The molecule has 6 nitrogen and oxygen atoms in total. The standard InChI is InChI=1S/C22H33N3O3S/c1-18(22(26)24-11-5-2-6-12-24)23-13-15-25(16-14-23)29(27,28)21-10-9-19-7-3-4-8-20(19)17-21/h9-10,17-18H,2-8,11-16H2,1H3/t18-/m1/s1. The Morgan fingerprint density at radius 1 is 0.862 bits per heavy atom. The van der Waals surface area contributed by atoms with Crippen molar-refractivity contribution in [3.05, 3.63) is 29.3 Å². The number of rotatable bonds is 4. The number of hydrogen-bond acceptors (Lipinski definition) is 4. The smallest absolute Gasteiger partial charge is 0.243 e. The molecular formula is C22H33N3O3S. The second-order valence-electron chi connectivity index (χ2n) is 8.64. The van der Waals surface area contributed by atoms with Gasteiger partial charge in [0.1, 0.15) is 0 Å². The van der Waals surface area contributed by atoms with Crippen molar-refractivity contribution in [2.45, 2.75) is 62.8 Å². The van der Waals surface area contributed by atoms with Crippen molar-refractivity contribution in [3.8, 4) is 0 Å². The number of nitrogens with zero attached hydrogens (tertiary/aromatic N) is 3. The van der Waals surface area contributed by atoms with E-state index < -0.39 is 10.0 Å². The van der Waals surface area contributed by atoms with Gasteiger partial charge in [-0.25, -0.2) is 8.42 Å². The Morgan fingerprint density at radius 2 is 1.52 bits per heavy atom. The van der Waals surface area contributed by atoms with E-state index in [1.165, 1.54) is 24.0 Å². The van der Waals surface area contributed by atoms with Gasteiger partial charge in [0.25, 0.3) is 0 Å². The lowest BCUT2D eigenvalue weighted by atomic mass is 9.92. The van der Waals surface area contributed by atoms with E-state index >= 15 is 0 Å². The number of fused-ring (bicyclic) bond motifs is 1. The van der Waals surface area contributed by atoms with Crippen LogP contribution in [0.25, 0.3) is 0 Å². The Hall–Kier alpha value is -1.44. The maximum atomic E-state index is 13.2. The minimum Gasteiger partial charge on any atom is -0.341 e. The molecule has 2 fully saturated rings. The van der Waals surface area contributed by atoms with Crippen molar-refractivity contribution in [2.75, 3.05) is 39.3 Å². The third-order valence-corrected chi connectivity index (χ3v) is 8.70. The van der Waals surface area contributed by atoms with E-state index in [2.05, 4.69) is 4.90 Å². The number of hydrogen-bond donors (Lipinski definition) is 0. The van der Waals surface area contributed by atoms with Crippen LogP contribution in [0.1, 0.15) is 50.2 Å². The van der Waals surface area contributed by atoms with Crippen LogP contribution < -0.4 is 0 Å². The normalized spacial score (nSPS) is 22.9. The fraction of sp³-hybridized carbons (Fsp3) is 0.682. The maximum absolute atomic E-state index is 13.2. The second-order valence-corrected chi connectivity index (χ2v) is 10.6. The summed E-state index contributed by atoms with van der Waals surface area (Å²) in [6.07, 6.45) is 7.74. The SMILES string of the molecule is C[C@H](C(=O)N1CCCCC1)N1CCN(S(=O)(=O)c2ccc3c(c2)CCCC3)CC1. The van der Waals surface area contributed by atoms with Crippen molar-refractivity contribution >= 4 is 15.9 Å². The third-order valence-electron chi connectivity index (χ3n) is 6.80. The maximum Gasteiger partial charge on any atom is 0.243 e. The molecule has 4 rings (SSSR count). The minimum atomic E-state index is -3.47. The predicted molar refractivity (Wildman–Crippen MR) is 113 cm³/mol. The molecule has 1 aliphatic carbocycles. The lowest BCUT2D eigenvalue weighted by Crippen LogP contribution is -2.55. The van der Waals surface area contributed by atoms with Crippen LogP contribution in [-0.4, -0.2) is 73.7 Å². The second kappa shape index (κ2) is 8.74. The molecule has 0 saturated carbocycles. The number of benzene rings is 1. The summed E-state index contributed by atoms with van der Waals surface area (Å²) in [5.41, 5.74) is 2.49. The molecule has 160 valence electrons. The predicted octanol–water partition coefficient (Wildman–Crippen LogP) is 2.27. The topological polar surface area (TPSA) is 60.9 Å². The molecule has 0 N–H and O–H groups in total. The first-order chi connectivity index (χ1) is 14.0. The van der Waals surface area contributed by atoms with Crippen molar-refractivity contribution in [3.63, 3.8) is 0 Å². The number of carbonyl (C=O) groups is 1. The third kappa shape index (κ3) is 4.37. The quantitative estimate of drug-likeness (QED) is 0.751. The van der Waals surface area contributed by atoms with Crippen LogP contribution in [0.2, 0.25) is 0 Å². The molecule has 1 aromatic carbocycles. The summed E-state index contributed by atoms with van der Waals surface area (Å²) in [4.78, 5) is 17.3. The van der Waals surface area contributed by atoms with E-state index in [9.17, 15) is 13.2 Å². The number of aryl methyl sites for hydroxylation is 2. The zero-order chi connectivity index (χ0) is 20.4. The van der Waals surface area contributed by atoms with Gasteiger partial charge < -0.3 is 4.90 Å². The van der Waals surface area contributed by atoms with Crippen molar-refractivity contribution < 1.29 is 13.2 Å². The van der Waals surface area contributed by atoms with Gasteiger partial charge in [-0.3, -0.25) is 9.69 Å². The average molecular weight is 420 g/mol. The van der Waals surface area contributed by atoms with Gasteiger partial charge in [0.2, 0.25) is 15.9 Å². The van der Waals surface area contributed by atoms with Crippen LogP contribution in [-0.2, 0) is 27.7 Å². The number of likely N-dealkylation sites (tertiary alicyclic amines) is 1. The lowest BCUT2D eigenvalue weighted by Gasteiger charge is -2.39. The zero-order valence-electron chi connectivity index (χ0n) is 17.5. The van der Waals surface area contributed by atoms with Gasteiger partial charge in [-0.05, 0) is 75.1 Å². The van der Waals surface area contributed by atoms with Crippen LogP contribution in [0, 0.1) is 0 Å². The largest absolute Gasteiger partial charge is 0.341 e. The summed E-state index contributed by atoms with van der Waals surface area (Å²) < 4.78 is 27.9. The Kier molecular flexibility index (Phi) is 6.27. The van der Waals surface area contributed by atoms with E-state index in [0.717, 1.165) is 45.2 Å². The zero-order valence-corrected chi connectivity index (χ0v) is 18.3. The molecule has 1 atom stereocenters. The van der Waals surface area contributed by atoms with Crippen LogP contribution in [0.4, 0.5) is 0 Å². The number of amides is 1. The van der Waals surface area contributed by atoms with Gasteiger partial charge in [-0.15, -0.1) is 0 Å². The molecule has 2 saturated heterocycles. The van der Waals surface area contributed by atoms with E-state index in [-0.39, 0.29) is 11.9 Å². The molecule has 2 heterocycles. The summed E-state index contributed by atoms with van der Waals surface area (Å²) in [7, 11) is -3.47. The van der Waals surface area contributed by atoms with E-state index in [1.54, 1.807) is 10.4 Å². The number of carbonyl (C=O) groups excluding carboxylic acids is 1. The molecule has 1 amide bonds. The molecule has 2 aliphatic heterocycles. The van der Waals surface area contributed by atoms with Crippen LogP contribution in [0.15, 0.2) is 23.1 Å². The van der Waals surface area contributed by atoms with E-state index in [0.29, 0.717) is 31.1 Å². The molecule has 0 aromatic heterocycles. The van der Waals surface area contributed by atoms with Gasteiger partial charge in [0.05, 0.1) is 10.9 Å². The van der Waals surface area contributed by atoms with Gasteiger partial charge in [-0.2, -0.15) is 4.31 Å². The average Bonchev–Trinajstić information content (AvgIpc) is 2.78. The van der Waals surface area contributed by atoms with Crippen molar-refractivity contribution in [1.29, 1.82) is 0 Å². The monoisotopic (exact) mass is 419 g/mol. The van der Waals surface area contributed by atoms with Gasteiger partial charge >= 0.3 is 0 Å². The highest BCUT2D eigenvalue weighted by Crippen LogP contribution is 2.26. The minimum absolute atomic E-state index is 0.179. The Morgan fingerprint density at radius 3 is 2.21 bits per heavy atom. The first-order valence-corrected chi connectivity index (χ1v) is 12.6. The molecule has 7 heteroatoms. The Bertz CT molecular complexity index is 841. The fourth-order valence-electron chi connectivity index (χ4n) is 4.89. The molecule has 29 heavy (non-hydrogen) atoms. The van der Waals surface area contributed by atoms with E-state index in [4.69, 9.17) is 0 Å². The summed E-state index contributed by atoms with van der Waals surface area (Å²) >= 11 is 0. The van der Waals surface area contributed by atoms with Crippen LogP contribution in [0.5, 0.6) is 0 Å². The number of sulfonamides is 1. The fourth-order valence-corrected chi connectivity index (χ4v) is 6.36. The highest BCUT2D eigenvalue weighted by Gasteiger charge is 2.33. The molecule has 0 spiro atoms. The Balaban J connectivity index is 1.39. The first kappa shape index (κ1) is 20.8. The summed E-state index contributed by atoms with van der Waals surface area (Å²) in [5, 5.41) is 0. The van der Waals surface area contributed by atoms with Gasteiger partial charge in [-0.1, -0.05) is 6.07 Å². The highest BCUT2D eigenvalue weighted by molar-refractivity contribution is 7.89. The van der Waals surface area contributed by atoms with Crippen LogP contribution in [0.3, 0.4) is 0 Å². The molecular weight excluding hydrogens is 386 g/mol. The molecule has 3 aliphatic rings. The summed E-state index contributed by atoms with van der Waals surface area (Å²) in [5.74, 6) is 0.190. The summed E-state index contributed by atoms with van der Waals surface area (Å²) in [6, 6.07) is 5.48. The van der Waals surface area contributed by atoms with Crippen molar-refractivity contribution in [1.82, 2.24) is 14.1 Å². The first-order valence-electron chi connectivity index (χ1n) is 11.1. The van der Waals surface area contributed by atoms with Crippen molar-refractivity contribution in [2.24, 2.45) is 0 Å². The summed E-state index contributed by atoms with van der Waals surface area (Å²) in [6.45, 7) is 5.76. The molecule has 0 unspecified atom stereocenters. The van der Waals surface area contributed by atoms with Gasteiger partial charge in [0.15, 0.2) is 0 Å². The van der Waals surface area contributed by atoms with Gasteiger partial charge in [0, 0.05) is 39.3 Å². The molecule has 0 bridgehead atoms. The highest BCUT2D eigenvalue weighted by atomic mass is 32.2.